The first-order valence-corrected chi connectivity index (χ1v) is 4.87. The smallest absolute Gasteiger partial charge is 0.417 e. The monoisotopic (exact) mass is 338 g/mol. The average molecular weight is 338 g/mol. The molecular formula is C10H2F8O4. The molecule has 12 heteroatoms. The molecule has 0 saturated carbocycles. The standard InChI is InChI=1S/C10H2F8O4/c11-5-1(7(19)20)3(9(13,14)15)4(10(16,17)18)2(6(5)12)8(21)22/h(H,19,20)(H,21,22). The van der Waals surface area contributed by atoms with Crippen molar-refractivity contribution in [2.24, 2.45) is 0 Å². The van der Waals surface area contributed by atoms with Gasteiger partial charge in [0.2, 0.25) is 0 Å². The molecule has 0 heterocycles. The SMILES string of the molecule is O=C(O)c1c(F)c(F)c(C(=O)O)c(C(F)(F)F)c1C(F)(F)F. The van der Waals surface area contributed by atoms with Crippen molar-refractivity contribution in [3.05, 3.63) is 33.9 Å². The van der Waals surface area contributed by atoms with Crippen molar-refractivity contribution in [2.45, 2.75) is 12.4 Å². The minimum absolute atomic E-state index is 2.65. The molecule has 0 fully saturated rings. The summed E-state index contributed by atoms with van der Waals surface area (Å²) in [4.78, 5) is 21.2. The van der Waals surface area contributed by atoms with Crippen LogP contribution < -0.4 is 0 Å². The van der Waals surface area contributed by atoms with Gasteiger partial charge >= 0.3 is 24.3 Å². The van der Waals surface area contributed by atoms with E-state index in [0.717, 1.165) is 0 Å². The van der Waals surface area contributed by atoms with Gasteiger partial charge in [0.15, 0.2) is 11.6 Å². The highest BCUT2D eigenvalue weighted by molar-refractivity contribution is 5.96. The van der Waals surface area contributed by atoms with E-state index in [2.05, 4.69) is 0 Å². The topological polar surface area (TPSA) is 74.6 Å². The summed E-state index contributed by atoms with van der Waals surface area (Å²) >= 11 is 0. The molecular weight excluding hydrogens is 336 g/mol. The van der Waals surface area contributed by atoms with E-state index < -0.39 is 58.2 Å². The van der Waals surface area contributed by atoms with E-state index in [9.17, 15) is 44.7 Å². The molecule has 1 aromatic rings. The number of hydrogen-bond acceptors (Lipinski definition) is 2. The van der Waals surface area contributed by atoms with Crippen LogP contribution in [-0.4, -0.2) is 22.2 Å². The van der Waals surface area contributed by atoms with Crippen molar-refractivity contribution >= 4 is 11.9 Å². The fourth-order valence-electron chi connectivity index (χ4n) is 1.66. The molecule has 1 rings (SSSR count). The molecule has 0 aliphatic rings. The fourth-order valence-corrected chi connectivity index (χ4v) is 1.66. The van der Waals surface area contributed by atoms with Gasteiger partial charge in [0.05, 0.1) is 11.1 Å². The Labute approximate surface area is 114 Å². The summed E-state index contributed by atoms with van der Waals surface area (Å²) in [6.45, 7) is 0. The maximum absolute atomic E-state index is 13.3. The quantitative estimate of drug-likeness (QED) is 0.811. The van der Waals surface area contributed by atoms with Crippen LogP contribution in [0.2, 0.25) is 0 Å². The van der Waals surface area contributed by atoms with Gasteiger partial charge in [-0.1, -0.05) is 0 Å². The number of aromatic carboxylic acids is 2. The first-order valence-electron chi connectivity index (χ1n) is 4.87. The van der Waals surface area contributed by atoms with E-state index in [1.54, 1.807) is 0 Å². The third-order valence-electron chi connectivity index (χ3n) is 2.38. The van der Waals surface area contributed by atoms with Gasteiger partial charge in [-0.15, -0.1) is 0 Å². The number of alkyl halides is 6. The highest BCUT2D eigenvalue weighted by Crippen LogP contribution is 2.45. The molecule has 122 valence electrons. The van der Waals surface area contributed by atoms with Crippen molar-refractivity contribution in [3.63, 3.8) is 0 Å². The van der Waals surface area contributed by atoms with Gasteiger partial charge in [-0.3, -0.25) is 0 Å². The number of carbonyl (C=O) groups is 2. The Morgan fingerprint density at radius 3 is 1.05 bits per heavy atom. The number of rotatable bonds is 2. The predicted octanol–water partition coefficient (Wildman–Crippen LogP) is 3.40. The number of halogens is 8. The van der Waals surface area contributed by atoms with Gasteiger partial charge in [-0.2, -0.15) is 26.3 Å². The molecule has 0 amide bonds. The normalized spacial score (nSPS) is 12.4. The third-order valence-corrected chi connectivity index (χ3v) is 2.38. The second-order valence-corrected chi connectivity index (χ2v) is 3.73. The van der Waals surface area contributed by atoms with Crippen LogP contribution in [0.4, 0.5) is 35.1 Å². The molecule has 0 saturated heterocycles. The summed E-state index contributed by atoms with van der Waals surface area (Å²) in [5.41, 5.74) is -11.5. The molecule has 2 N–H and O–H groups in total. The van der Waals surface area contributed by atoms with E-state index in [1.165, 1.54) is 0 Å². The summed E-state index contributed by atoms with van der Waals surface area (Å²) in [5, 5.41) is 16.9. The zero-order chi connectivity index (χ0) is 17.6. The van der Waals surface area contributed by atoms with Crippen LogP contribution in [-0.2, 0) is 12.4 Å². The first-order chi connectivity index (χ1) is 9.71. The lowest BCUT2D eigenvalue weighted by molar-refractivity contribution is -0.163. The van der Waals surface area contributed by atoms with Crippen LogP contribution in [0, 0.1) is 11.6 Å². The summed E-state index contributed by atoms with van der Waals surface area (Å²) in [6.07, 6.45) is -12.2. The van der Waals surface area contributed by atoms with Crippen molar-refractivity contribution in [1.29, 1.82) is 0 Å². The van der Waals surface area contributed by atoms with E-state index in [1.807, 2.05) is 0 Å². The van der Waals surface area contributed by atoms with E-state index in [0.29, 0.717) is 0 Å². The summed E-state index contributed by atoms with van der Waals surface area (Å²) in [7, 11) is 0. The molecule has 0 atom stereocenters. The van der Waals surface area contributed by atoms with Crippen LogP contribution in [0.25, 0.3) is 0 Å². The zero-order valence-corrected chi connectivity index (χ0v) is 9.73. The van der Waals surface area contributed by atoms with Gasteiger partial charge in [0.1, 0.15) is 11.1 Å². The third kappa shape index (κ3) is 2.80. The fraction of sp³-hybridized carbons (Fsp3) is 0.200. The van der Waals surface area contributed by atoms with E-state index in [4.69, 9.17) is 10.2 Å². The molecule has 0 spiro atoms. The highest BCUT2D eigenvalue weighted by atomic mass is 19.4. The van der Waals surface area contributed by atoms with Crippen LogP contribution in [0.1, 0.15) is 31.8 Å². The Morgan fingerprint density at radius 1 is 0.682 bits per heavy atom. The Balaban J connectivity index is 4.25. The maximum atomic E-state index is 13.3. The Bertz CT molecular complexity index is 602. The minimum atomic E-state index is -6.10. The Morgan fingerprint density at radius 2 is 0.909 bits per heavy atom. The van der Waals surface area contributed by atoms with Crippen molar-refractivity contribution in [3.8, 4) is 0 Å². The van der Waals surface area contributed by atoms with E-state index >= 15 is 0 Å². The van der Waals surface area contributed by atoms with Crippen molar-refractivity contribution in [1.82, 2.24) is 0 Å². The molecule has 1 aromatic carbocycles. The van der Waals surface area contributed by atoms with Gasteiger partial charge in [-0.05, 0) is 0 Å². The van der Waals surface area contributed by atoms with Crippen LogP contribution >= 0.6 is 0 Å². The lowest BCUT2D eigenvalue weighted by Gasteiger charge is -2.20. The second-order valence-electron chi connectivity index (χ2n) is 3.73. The number of benzene rings is 1. The van der Waals surface area contributed by atoms with Gasteiger partial charge in [-0.25, -0.2) is 18.4 Å². The number of carboxylic acid groups (broad SMARTS) is 2. The lowest BCUT2D eigenvalue weighted by atomic mass is 9.93. The highest BCUT2D eigenvalue weighted by Gasteiger charge is 2.51. The average Bonchev–Trinajstić information content (AvgIpc) is 2.27. The predicted molar refractivity (Wildman–Crippen MR) is 50.3 cm³/mol. The summed E-state index contributed by atoms with van der Waals surface area (Å²) < 4.78 is 103. The van der Waals surface area contributed by atoms with Crippen LogP contribution in [0.15, 0.2) is 0 Å². The molecule has 22 heavy (non-hydrogen) atoms. The molecule has 0 aromatic heterocycles. The van der Waals surface area contributed by atoms with Gasteiger partial charge < -0.3 is 10.2 Å². The zero-order valence-electron chi connectivity index (χ0n) is 9.73. The van der Waals surface area contributed by atoms with E-state index in [-0.39, 0.29) is 0 Å². The second kappa shape index (κ2) is 5.10. The molecule has 0 aliphatic heterocycles. The Kier molecular flexibility index (Phi) is 4.09. The molecule has 0 radical (unpaired) electrons. The number of carboxylic acids is 2. The first kappa shape index (κ1) is 17.7. The summed E-state index contributed by atoms with van der Waals surface area (Å²) in [6, 6.07) is 0. The molecule has 4 nitrogen and oxygen atoms in total. The van der Waals surface area contributed by atoms with Crippen LogP contribution in [0.5, 0.6) is 0 Å². The lowest BCUT2D eigenvalue weighted by Crippen LogP contribution is -2.27. The van der Waals surface area contributed by atoms with Gasteiger partial charge in [0, 0.05) is 0 Å². The number of hydrogen-bond donors (Lipinski definition) is 2. The van der Waals surface area contributed by atoms with Crippen molar-refractivity contribution < 1.29 is 54.9 Å². The molecule has 0 unspecified atom stereocenters. The largest absolute Gasteiger partial charge is 0.478 e. The molecule has 0 aliphatic carbocycles. The minimum Gasteiger partial charge on any atom is -0.478 e. The molecule has 0 bridgehead atoms. The van der Waals surface area contributed by atoms with Crippen LogP contribution in [0.3, 0.4) is 0 Å². The summed E-state index contributed by atoms with van der Waals surface area (Å²) in [5.74, 6) is -11.4. The maximum Gasteiger partial charge on any atom is 0.417 e. The van der Waals surface area contributed by atoms with Crippen molar-refractivity contribution in [2.75, 3.05) is 0 Å². The van der Waals surface area contributed by atoms with Gasteiger partial charge in [0.25, 0.3) is 0 Å². The Hall–Kier alpha value is -2.40.